The third-order valence-corrected chi connectivity index (χ3v) is 3.52. The molecule has 0 bridgehead atoms. The van der Waals surface area contributed by atoms with Gasteiger partial charge in [0.1, 0.15) is 10.8 Å². The van der Waals surface area contributed by atoms with Crippen LogP contribution in [-0.4, -0.2) is 10.8 Å². The largest absolute Gasteiger partial charge is 0.299 e. The van der Waals surface area contributed by atoms with Crippen molar-refractivity contribution in [2.75, 3.05) is 0 Å². The summed E-state index contributed by atoms with van der Waals surface area (Å²) in [6.45, 7) is 1.95. The van der Waals surface area contributed by atoms with Crippen LogP contribution in [0.3, 0.4) is 0 Å². The summed E-state index contributed by atoms with van der Waals surface area (Å²) in [7, 11) is 0. The minimum absolute atomic E-state index is 0.267. The van der Waals surface area contributed by atoms with Gasteiger partial charge in [-0.3, -0.25) is 4.79 Å². The minimum atomic E-state index is 0.267. The summed E-state index contributed by atoms with van der Waals surface area (Å²) >= 11 is 1.57. The van der Waals surface area contributed by atoms with Gasteiger partial charge in [0.25, 0.3) is 0 Å². The van der Waals surface area contributed by atoms with Crippen molar-refractivity contribution in [1.29, 1.82) is 0 Å². The number of rotatable bonds is 5. The third-order valence-electron chi connectivity index (χ3n) is 2.55. The Morgan fingerprint density at radius 3 is 2.71 bits per heavy atom. The Bertz CT molecular complexity index is 490. The van der Waals surface area contributed by atoms with Crippen molar-refractivity contribution in [3.63, 3.8) is 0 Å². The Balaban J connectivity index is 1.82. The lowest BCUT2D eigenvalue weighted by molar-refractivity contribution is -0.118. The highest BCUT2D eigenvalue weighted by molar-refractivity contribution is 7.09. The van der Waals surface area contributed by atoms with E-state index in [1.54, 1.807) is 11.3 Å². The molecule has 0 N–H and O–H groups in total. The first-order valence-corrected chi connectivity index (χ1v) is 6.58. The Kier molecular flexibility index (Phi) is 4.04. The first-order valence-electron chi connectivity index (χ1n) is 5.70. The second kappa shape index (κ2) is 5.73. The maximum Gasteiger partial charge on any atom is 0.140 e. The SMILES string of the molecule is Cc1csc(CC(=O)CCc2ccccc2)n1. The van der Waals surface area contributed by atoms with Crippen LogP contribution in [0, 0.1) is 6.92 Å². The molecule has 0 saturated carbocycles. The third kappa shape index (κ3) is 3.79. The molecule has 0 spiro atoms. The Hall–Kier alpha value is -1.48. The fraction of sp³-hybridized carbons (Fsp3) is 0.286. The number of aryl methyl sites for hydroxylation is 2. The van der Waals surface area contributed by atoms with Crippen LogP contribution < -0.4 is 0 Å². The number of benzene rings is 1. The molecule has 0 amide bonds. The first kappa shape index (κ1) is 12.0. The molecule has 0 fully saturated rings. The first-order chi connectivity index (χ1) is 8.24. The van der Waals surface area contributed by atoms with E-state index in [-0.39, 0.29) is 5.78 Å². The second-order valence-electron chi connectivity index (χ2n) is 4.08. The molecule has 0 unspecified atom stereocenters. The number of nitrogens with zero attached hydrogens (tertiary/aromatic N) is 1. The van der Waals surface area contributed by atoms with E-state index in [1.807, 2.05) is 30.5 Å². The molecule has 1 aromatic heterocycles. The number of Topliss-reactive ketones (excluding diaryl/α,β-unsaturated/α-hetero) is 1. The quantitative estimate of drug-likeness (QED) is 0.809. The molecule has 2 rings (SSSR count). The van der Waals surface area contributed by atoms with Crippen molar-refractivity contribution in [1.82, 2.24) is 4.98 Å². The number of carbonyl (C=O) groups excluding carboxylic acids is 1. The summed E-state index contributed by atoms with van der Waals surface area (Å²) in [4.78, 5) is 16.1. The van der Waals surface area contributed by atoms with Crippen LogP contribution in [0.5, 0.6) is 0 Å². The van der Waals surface area contributed by atoms with Gasteiger partial charge in [-0.2, -0.15) is 0 Å². The van der Waals surface area contributed by atoms with Gasteiger partial charge in [-0.15, -0.1) is 11.3 Å². The van der Waals surface area contributed by atoms with Crippen LogP contribution in [0.15, 0.2) is 35.7 Å². The van der Waals surface area contributed by atoms with Gasteiger partial charge in [0.15, 0.2) is 0 Å². The second-order valence-corrected chi connectivity index (χ2v) is 5.03. The topological polar surface area (TPSA) is 30.0 Å². The Morgan fingerprint density at radius 2 is 2.06 bits per heavy atom. The number of hydrogen-bond acceptors (Lipinski definition) is 3. The van der Waals surface area contributed by atoms with Crippen molar-refractivity contribution >= 4 is 17.1 Å². The predicted octanol–water partition coefficient (Wildman–Crippen LogP) is 3.20. The molecule has 3 heteroatoms. The monoisotopic (exact) mass is 245 g/mol. The maximum atomic E-state index is 11.8. The fourth-order valence-electron chi connectivity index (χ4n) is 1.67. The lowest BCUT2D eigenvalue weighted by Crippen LogP contribution is -2.04. The van der Waals surface area contributed by atoms with E-state index < -0.39 is 0 Å². The van der Waals surface area contributed by atoms with Crippen LogP contribution in [0.2, 0.25) is 0 Å². The van der Waals surface area contributed by atoms with Crippen molar-refractivity contribution in [2.45, 2.75) is 26.2 Å². The molecular formula is C14H15NOS. The normalized spacial score (nSPS) is 10.4. The molecule has 0 saturated heterocycles. The summed E-state index contributed by atoms with van der Waals surface area (Å²) in [5.41, 5.74) is 2.22. The van der Waals surface area contributed by atoms with E-state index in [9.17, 15) is 4.79 Å². The van der Waals surface area contributed by atoms with E-state index in [0.717, 1.165) is 17.1 Å². The predicted molar refractivity (Wildman–Crippen MR) is 70.3 cm³/mol. The number of ketones is 1. The average molecular weight is 245 g/mol. The number of hydrogen-bond donors (Lipinski definition) is 0. The average Bonchev–Trinajstić information content (AvgIpc) is 2.73. The van der Waals surface area contributed by atoms with Crippen LogP contribution in [0.4, 0.5) is 0 Å². The van der Waals surface area contributed by atoms with Gasteiger partial charge in [-0.1, -0.05) is 30.3 Å². The van der Waals surface area contributed by atoms with Gasteiger partial charge in [0.2, 0.25) is 0 Å². The molecule has 88 valence electrons. The smallest absolute Gasteiger partial charge is 0.140 e. The molecule has 2 nitrogen and oxygen atoms in total. The molecular weight excluding hydrogens is 230 g/mol. The Morgan fingerprint density at radius 1 is 1.29 bits per heavy atom. The van der Waals surface area contributed by atoms with Crippen molar-refractivity contribution in [2.24, 2.45) is 0 Å². The lowest BCUT2D eigenvalue weighted by atomic mass is 10.1. The molecule has 1 heterocycles. The van der Waals surface area contributed by atoms with Crippen molar-refractivity contribution < 1.29 is 4.79 Å². The lowest BCUT2D eigenvalue weighted by Gasteiger charge is -1.99. The standard InChI is InChI=1S/C14H15NOS/c1-11-10-17-14(15-11)9-13(16)8-7-12-5-3-2-4-6-12/h2-6,10H,7-9H2,1H3. The fourth-order valence-corrected chi connectivity index (χ4v) is 2.47. The summed E-state index contributed by atoms with van der Waals surface area (Å²) in [6, 6.07) is 10.1. The van der Waals surface area contributed by atoms with E-state index in [1.165, 1.54) is 5.56 Å². The Labute approximate surface area is 105 Å². The highest BCUT2D eigenvalue weighted by atomic mass is 32.1. The van der Waals surface area contributed by atoms with Crippen molar-refractivity contribution in [3.05, 3.63) is 52.0 Å². The number of carbonyl (C=O) groups is 1. The summed E-state index contributed by atoms with van der Waals surface area (Å²) in [5.74, 6) is 0.267. The molecule has 0 aliphatic carbocycles. The van der Waals surface area contributed by atoms with Crippen LogP contribution >= 0.6 is 11.3 Å². The summed E-state index contributed by atoms with van der Waals surface area (Å²) in [5, 5.41) is 2.92. The van der Waals surface area contributed by atoms with Gasteiger partial charge in [0, 0.05) is 17.5 Å². The highest BCUT2D eigenvalue weighted by Gasteiger charge is 2.07. The summed E-state index contributed by atoms with van der Waals surface area (Å²) < 4.78 is 0. The van der Waals surface area contributed by atoms with E-state index in [2.05, 4.69) is 17.1 Å². The zero-order valence-electron chi connectivity index (χ0n) is 9.85. The van der Waals surface area contributed by atoms with E-state index >= 15 is 0 Å². The van der Waals surface area contributed by atoms with E-state index in [0.29, 0.717) is 12.8 Å². The van der Waals surface area contributed by atoms with Crippen LogP contribution in [-0.2, 0) is 17.6 Å². The van der Waals surface area contributed by atoms with Gasteiger partial charge < -0.3 is 0 Å². The zero-order valence-corrected chi connectivity index (χ0v) is 10.7. The molecule has 17 heavy (non-hydrogen) atoms. The van der Waals surface area contributed by atoms with Gasteiger partial charge in [-0.25, -0.2) is 4.98 Å². The minimum Gasteiger partial charge on any atom is -0.299 e. The molecule has 1 aromatic carbocycles. The number of thiazole rings is 1. The molecule has 0 atom stereocenters. The molecule has 0 aliphatic rings. The molecule has 2 aromatic rings. The van der Waals surface area contributed by atoms with Crippen LogP contribution in [0.25, 0.3) is 0 Å². The van der Waals surface area contributed by atoms with Gasteiger partial charge >= 0.3 is 0 Å². The zero-order chi connectivity index (χ0) is 12.1. The summed E-state index contributed by atoms with van der Waals surface area (Å²) in [6.07, 6.45) is 1.90. The molecule has 0 radical (unpaired) electrons. The van der Waals surface area contributed by atoms with E-state index in [4.69, 9.17) is 0 Å². The molecule has 0 aliphatic heterocycles. The maximum absolute atomic E-state index is 11.8. The van der Waals surface area contributed by atoms with Gasteiger partial charge in [-0.05, 0) is 18.9 Å². The van der Waals surface area contributed by atoms with Crippen LogP contribution in [0.1, 0.15) is 22.7 Å². The number of aromatic nitrogens is 1. The van der Waals surface area contributed by atoms with Gasteiger partial charge in [0.05, 0.1) is 6.42 Å². The highest BCUT2D eigenvalue weighted by Crippen LogP contribution is 2.11. The van der Waals surface area contributed by atoms with Crippen molar-refractivity contribution in [3.8, 4) is 0 Å².